The SMILES string of the molecule is CC(=O)N[C@H]1[C@H]([C@H](O)[C@H](O)CO)OC(C(=O)O)=C[C@@H]1N=C(Cc1ccc(F)cc1)NS(C)(=O)=O. The molecule has 5 atom stereocenters. The number of carboxylic acids is 1. The summed E-state index contributed by atoms with van der Waals surface area (Å²) < 4.78 is 44.5. The van der Waals surface area contributed by atoms with Gasteiger partial charge < -0.3 is 30.5 Å². The van der Waals surface area contributed by atoms with E-state index in [1.54, 1.807) is 0 Å². The zero-order valence-corrected chi connectivity index (χ0v) is 19.1. The molecule has 0 fully saturated rings. The lowest BCUT2D eigenvalue weighted by Crippen LogP contribution is -2.59. The first kappa shape index (κ1) is 27.2. The van der Waals surface area contributed by atoms with E-state index in [1.807, 2.05) is 0 Å². The molecule has 1 aliphatic heterocycles. The van der Waals surface area contributed by atoms with Gasteiger partial charge in [-0.2, -0.15) is 0 Å². The highest BCUT2D eigenvalue weighted by molar-refractivity contribution is 7.89. The number of nitrogens with one attached hydrogen (secondary N) is 2. The van der Waals surface area contributed by atoms with Crippen molar-refractivity contribution >= 4 is 27.7 Å². The zero-order chi connectivity index (χ0) is 25.6. The van der Waals surface area contributed by atoms with E-state index in [9.17, 15) is 42.8 Å². The number of carbonyl (C=O) groups excluding carboxylic acids is 1. The number of carboxylic acid groups (broad SMARTS) is 1. The number of nitrogens with zero attached hydrogens (tertiary/aromatic N) is 1. The molecule has 1 aromatic rings. The third kappa shape index (κ3) is 7.76. The molecule has 12 nitrogen and oxygen atoms in total. The molecule has 0 saturated carbocycles. The predicted octanol–water partition coefficient (Wildman–Crippen LogP) is -1.73. The number of amides is 1. The number of sulfonamides is 1. The van der Waals surface area contributed by atoms with Crippen LogP contribution in [0.25, 0.3) is 0 Å². The quantitative estimate of drug-likeness (QED) is 0.168. The van der Waals surface area contributed by atoms with Crippen molar-refractivity contribution in [2.45, 2.75) is 43.7 Å². The molecular weight excluding hydrogens is 477 g/mol. The van der Waals surface area contributed by atoms with Crippen LogP contribution in [0.1, 0.15) is 12.5 Å². The third-order valence-electron chi connectivity index (χ3n) is 4.70. The monoisotopic (exact) mass is 503 g/mol. The largest absolute Gasteiger partial charge is 0.478 e. The van der Waals surface area contributed by atoms with E-state index in [1.165, 1.54) is 12.1 Å². The van der Waals surface area contributed by atoms with E-state index in [2.05, 4.69) is 15.0 Å². The molecule has 1 amide bonds. The molecule has 0 aromatic heterocycles. The van der Waals surface area contributed by atoms with Gasteiger partial charge in [-0.25, -0.2) is 17.6 Å². The summed E-state index contributed by atoms with van der Waals surface area (Å²) in [5, 5.41) is 41.4. The van der Waals surface area contributed by atoms with Crippen molar-refractivity contribution in [1.82, 2.24) is 10.0 Å². The van der Waals surface area contributed by atoms with Crippen LogP contribution in [0, 0.1) is 5.82 Å². The molecule has 6 N–H and O–H groups in total. The van der Waals surface area contributed by atoms with E-state index in [0.717, 1.165) is 31.4 Å². The summed E-state index contributed by atoms with van der Waals surface area (Å²) in [5.74, 6) is -3.53. The van der Waals surface area contributed by atoms with Gasteiger partial charge in [-0.1, -0.05) is 12.1 Å². The Morgan fingerprint density at radius 3 is 2.35 bits per heavy atom. The first-order valence-corrected chi connectivity index (χ1v) is 11.8. The second-order valence-corrected chi connectivity index (χ2v) is 9.38. The van der Waals surface area contributed by atoms with Crippen LogP contribution in [-0.2, 0) is 30.8 Å². The number of benzene rings is 1. The second kappa shape index (κ2) is 11.4. The molecule has 1 aliphatic rings. The van der Waals surface area contributed by atoms with Crippen molar-refractivity contribution in [2.24, 2.45) is 4.99 Å². The lowest BCUT2D eigenvalue weighted by molar-refractivity contribution is -0.145. The molecule has 0 bridgehead atoms. The lowest BCUT2D eigenvalue weighted by atomic mass is 9.92. The predicted molar refractivity (Wildman–Crippen MR) is 117 cm³/mol. The lowest BCUT2D eigenvalue weighted by Gasteiger charge is -2.38. The van der Waals surface area contributed by atoms with Gasteiger partial charge in [0.2, 0.25) is 21.7 Å². The first-order chi connectivity index (χ1) is 15.8. The minimum atomic E-state index is -3.85. The van der Waals surface area contributed by atoms with Gasteiger partial charge in [0.05, 0.1) is 24.9 Å². The Kier molecular flexibility index (Phi) is 9.09. The van der Waals surface area contributed by atoms with Crippen molar-refractivity contribution in [1.29, 1.82) is 0 Å². The highest BCUT2D eigenvalue weighted by atomic mass is 32.2. The zero-order valence-electron chi connectivity index (χ0n) is 18.3. The Morgan fingerprint density at radius 2 is 1.85 bits per heavy atom. The van der Waals surface area contributed by atoms with Crippen LogP contribution in [0.2, 0.25) is 0 Å². The third-order valence-corrected chi connectivity index (χ3v) is 5.31. The molecule has 2 rings (SSSR count). The molecule has 1 aromatic carbocycles. The summed E-state index contributed by atoms with van der Waals surface area (Å²) in [4.78, 5) is 27.7. The Labute approximate surface area is 194 Å². The number of aliphatic carboxylic acids is 1. The maximum atomic E-state index is 13.3. The van der Waals surface area contributed by atoms with Crippen molar-refractivity contribution in [2.75, 3.05) is 12.9 Å². The van der Waals surface area contributed by atoms with Crippen LogP contribution in [0.15, 0.2) is 41.1 Å². The number of halogens is 1. The number of hydrogen-bond acceptors (Lipinski definition) is 9. The fraction of sp³-hybridized carbons (Fsp3) is 0.450. The summed E-state index contributed by atoms with van der Waals surface area (Å²) in [6, 6.07) is 2.57. The van der Waals surface area contributed by atoms with Gasteiger partial charge in [0.25, 0.3) is 0 Å². The summed E-state index contributed by atoms with van der Waals surface area (Å²) in [6.07, 6.45) is -3.42. The van der Waals surface area contributed by atoms with Gasteiger partial charge in [-0.15, -0.1) is 0 Å². The van der Waals surface area contributed by atoms with Crippen LogP contribution in [0.5, 0.6) is 0 Å². The number of aliphatic hydroxyl groups is 3. The molecule has 1 heterocycles. The fourth-order valence-corrected chi connectivity index (χ4v) is 3.81. The molecule has 34 heavy (non-hydrogen) atoms. The van der Waals surface area contributed by atoms with Crippen LogP contribution < -0.4 is 10.0 Å². The molecule has 0 spiro atoms. The summed E-state index contributed by atoms with van der Waals surface area (Å²) in [6.45, 7) is 0.247. The van der Waals surface area contributed by atoms with Crippen LogP contribution in [0.4, 0.5) is 4.39 Å². The van der Waals surface area contributed by atoms with Gasteiger partial charge in [-0.3, -0.25) is 14.5 Å². The molecule has 0 unspecified atom stereocenters. The van der Waals surface area contributed by atoms with E-state index < -0.39 is 70.5 Å². The molecule has 188 valence electrons. The number of aliphatic imine (C=N–C) groups is 1. The van der Waals surface area contributed by atoms with Gasteiger partial charge in [0.1, 0.15) is 30.0 Å². The molecular formula is C20H26FN3O9S. The van der Waals surface area contributed by atoms with Gasteiger partial charge >= 0.3 is 5.97 Å². The topological polar surface area (TPSA) is 195 Å². The van der Waals surface area contributed by atoms with Gasteiger partial charge in [-0.05, 0) is 23.8 Å². The van der Waals surface area contributed by atoms with Crippen molar-refractivity contribution in [3.63, 3.8) is 0 Å². The average molecular weight is 504 g/mol. The minimum absolute atomic E-state index is 0.139. The van der Waals surface area contributed by atoms with Crippen LogP contribution in [0.3, 0.4) is 0 Å². The number of ether oxygens (including phenoxy) is 1. The normalized spacial score (nSPS) is 22.7. The Balaban J connectivity index is 2.58. The fourth-order valence-electron chi connectivity index (χ4n) is 3.26. The molecule has 0 saturated heterocycles. The number of rotatable bonds is 9. The van der Waals surface area contributed by atoms with Crippen molar-refractivity contribution in [3.8, 4) is 0 Å². The number of carbonyl (C=O) groups is 2. The molecule has 0 radical (unpaired) electrons. The number of hydrogen-bond donors (Lipinski definition) is 6. The van der Waals surface area contributed by atoms with Crippen molar-refractivity contribution < 1.29 is 47.6 Å². The van der Waals surface area contributed by atoms with E-state index in [-0.39, 0.29) is 12.3 Å². The van der Waals surface area contributed by atoms with E-state index in [4.69, 9.17) is 4.74 Å². The average Bonchev–Trinajstić information content (AvgIpc) is 2.73. The highest BCUT2D eigenvalue weighted by Gasteiger charge is 2.43. The number of aliphatic hydroxyl groups excluding tert-OH is 3. The smallest absolute Gasteiger partial charge is 0.370 e. The first-order valence-electron chi connectivity index (χ1n) is 9.95. The summed E-state index contributed by atoms with van der Waals surface area (Å²) >= 11 is 0. The van der Waals surface area contributed by atoms with E-state index in [0.29, 0.717) is 5.56 Å². The maximum Gasteiger partial charge on any atom is 0.370 e. The standard InChI is InChI=1S/C20H26FN3O9S/c1-10(26)22-17-13(8-15(20(29)30)33-19(17)18(28)14(27)9-25)23-16(24-34(2,31)32)7-11-3-5-12(21)6-4-11/h3-6,8,13-14,17-19,25,27-28H,7,9H2,1-2H3,(H,22,26)(H,23,24)(H,29,30)/t13-,14+,17+,18+,19+/m0/s1. The maximum absolute atomic E-state index is 13.3. The Morgan fingerprint density at radius 1 is 1.24 bits per heavy atom. The second-order valence-electron chi connectivity index (χ2n) is 7.63. The number of amidine groups is 1. The van der Waals surface area contributed by atoms with Crippen LogP contribution >= 0.6 is 0 Å². The summed E-state index contributed by atoms with van der Waals surface area (Å²) in [5.41, 5.74) is 0.467. The highest BCUT2D eigenvalue weighted by Crippen LogP contribution is 2.25. The Bertz CT molecular complexity index is 1060. The van der Waals surface area contributed by atoms with Crippen molar-refractivity contribution in [3.05, 3.63) is 47.5 Å². The molecule has 14 heteroatoms. The minimum Gasteiger partial charge on any atom is -0.478 e. The molecule has 0 aliphatic carbocycles. The van der Waals surface area contributed by atoms with E-state index >= 15 is 0 Å². The summed E-state index contributed by atoms with van der Waals surface area (Å²) in [7, 11) is -3.85. The van der Waals surface area contributed by atoms with Gasteiger partial charge in [0, 0.05) is 13.3 Å². The van der Waals surface area contributed by atoms with Crippen LogP contribution in [-0.4, -0.2) is 89.8 Å². The van der Waals surface area contributed by atoms with Gasteiger partial charge in [0.15, 0.2) is 0 Å². The Hall–Kier alpha value is -3.07.